The molecular formula is C20H19N5O2. The number of aromatic amines is 1. The number of hydrogen-bond acceptors (Lipinski definition) is 4. The Kier molecular flexibility index (Phi) is 4.42. The first-order valence-electron chi connectivity index (χ1n) is 8.81. The van der Waals surface area contributed by atoms with Gasteiger partial charge in [-0.1, -0.05) is 24.3 Å². The van der Waals surface area contributed by atoms with Crippen LogP contribution in [0.5, 0.6) is 0 Å². The number of aromatic nitrogens is 4. The van der Waals surface area contributed by atoms with Crippen LogP contribution in [0.3, 0.4) is 0 Å². The van der Waals surface area contributed by atoms with Gasteiger partial charge in [-0.2, -0.15) is 0 Å². The van der Waals surface area contributed by atoms with Crippen LogP contribution >= 0.6 is 0 Å². The Morgan fingerprint density at radius 2 is 1.89 bits per heavy atom. The Labute approximate surface area is 155 Å². The van der Waals surface area contributed by atoms with Crippen LogP contribution in [-0.2, 0) is 11.2 Å². The molecule has 0 radical (unpaired) electrons. The van der Waals surface area contributed by atoms with Gasteiger partial charge in [-0.3, -0.25) is 14.2 Å². The van der Waals surface area contributed by atoms with Crippen LogP contribution in [0, 0.1) is 0 Å². The molecule has 27 heavy (non-hydrogen) atoms. The number of rotatable bonds is 5. The van der Waals surface area contributed by atoms with E-state index in [1.54, 1.807) is 25.1 Å². The summed E-state index contributed by atoms with van der Waals surface area (Å²) in [4.78, 5) is 37.0. The zero-order valence-corrected chi connectivity index (χ0v) is 14.8. The summed E-state index contributed by atoms with van der Waals surface area (Å²) >= 11 is 0. The summed E-state index contributed by atoms with van der Waals surface area (Å²) in [6.07, 6.45) is 2.01. The van der Waals surface area contributed by atoms with E-state index < -0.39 is 6.04 Å². The predicted octanol–water partition coefficient (Wildman–Crippen LogP) is 2.19. The highest BCUT2D eigenvalue weighted by molar-refractivity contribution is 5.81. The summed E-state index contributed by atoms with van der Waals surface area (Å²) in [6.45, 7) is 2.12. The van der Waals surface area contributed by atoms with Crippen LogP contribution in [0.2, 0.25) is 0 Å². The summed E-state index contributed by atoms with van der Waals surface area (Å²) in [6, 6.07) is 14.2. The first-order valence-corrected chi connectivity index (χ1v) is 8.81. The highest BCUT2D eigenvalue weighted by atomic mass is 16.2. The molecule has 1 amide bonds. The van der Waals surface area contributed by atoms with Crippen molar-refractivity contribution < 1.29 is 4.79 Å². The number of para-hydroxylation sites is 3. The zero-order chi connectivity index (χ0) is 18.8. The third kappa shape index (κ3) is 3.31. The van der Waals surface area contributed by atoms with Gasteiger partial charge >= 0.3 is 0 Å². The summed E-state index contributed by atoms with van der Waals surface area (Å²) in [5.41, 5.74) is 2.28. The molecule has 7 nitrogen and oxygen atoms in total. The quantitative estimate of drug-likeness (QED) is 0.570. The van der Waals surface area contributed by atoms with Gasteiger partial charge in [0.25, 0.3) is 5.56 Å². The average Bonchev–Trinajstić information content (AvgIpc) is 3.10. The number of hydrogen-bond donors (Lipinski definition) is 2. The van der Waals surface area contributed by atoms with Crippen LogP contribution in [-0.4, -0.2) is 32.0 Å². The van der Waals surface area contributed by atoms with Crippen molar-refractivity contribution in [1.82, 2.24) is 24.8 Å². The lowest BCUT2D eigenvalue weighted by atomic mass is 10.2. The second kappa shape index (κ2) is 7.03. The largest absolute Gasteiger partial charge is 0.354 e. The molecular weight excluding hydrogens is 342 g/mol. The van der Waals surface area contributed by atoms with Crippen LogP contribution in [0.25, 0.3) is 21.9 Å². The average molecular weight is 361 g/mol. The van der Waals surface area contributed by atoms with Crippen LogP contribution in [0.4, 0.5) is 0 Å². The van der Waals surface area contributed by atoms with Crippen molar-refractivity contribution in [2.24, 2.45) is 0 Å². The zero-order valence-electron chi connectivity index (χ0n) is 14.8. The van der Waals surface area contributed by atoms with E-state index in [-0.39, 0.29) is 11.5 Å². The number of nitrogens with zero attached hydrogens (tertiary/aromatic N) is 3. The Morgan fingerprint density at radius 3 is 2.70 bits per heavy atom. The van der Waals surface area contributed by atoms with E-state index in [4.69, 9.17) is 0 Å². The number of H-pyrrole nitrogens is 1. The highest BCUT2D eigenvalue weighted by Gasteiger charge is 2.17. The number of fused-ring (bicyclic) bond motifs is 2. The van der Waals surface area contributed by atoms with E-state index in [9.17, 15) is 9.59 Å². The van der Waals surface area contributed by atoms with E-state index >= 15 is 0 Å². The number of benzene rings is 2. The summed E-state index contributed by atoms with van der Waals surface area (Å²) in [7, 11) is 0. The van der Waals surface area contributed by atoms with Crippen LogP contribution in [0.1, 0.15) is 18.8 Å². The molecule has 0 aliphatic heterocycles. The molecule has 1 atom stereocenters. The molecule has 0 bridgehead atoms. The molecule has 0 aliphatic carbocycles. The van der Waals surface area contributed by atoms with E-state index in [0.717, 1.165) is 16.9 Å². The number of amides is 1. The minimum atomic E-state index is -0.648. The molecule has 7 heteroatoms. The standard InChI is InChI=1S/C20H19N5O2/c1-13(25-12-22-15-7-3-2-6-14(15)20(25)27)19(26)21-11-10-18-23-16-8-4-5-9-17(16)24-18/h2-9,12-13H,10-11H2,1H3,(H,21,26)(H,23,24). The van der Waals surface area contributed by atoms with Crippen molar-refractivity contribution in [3.05, 3.63) is 71.0 Å². The maximum atomic E-state index is 12.6. The van der Waals surface area contributed by atoms with Crippen molar-refractivity contribution in [3.63, 3.8) is 0 Å². The smallest absolute Gasteiger partial charge is 0.261 e. The third-order valence-corrected chi connectivity index (χ3v) is 4.59. The van der Waals surface area contributed by atoms with E-state index in [1.807, 2.05) is 30.3 Å². The molecule has 0 saturated heterocycles. The first kappa shape index (κ1) is 17.0. The minimum Gasteiger partial charge on any atom is -0.354 e. The van der Waals surface area contributed by atoms with Gasteiger partial charge in [0.05, 0.1) is 28.3 Å². The van der Waals surface area contributed by atoms with E-state index in [1.165, 1.54) is 10.9 Å². The lowest BCUT2D eigenvalue weighted by molar-refractivity contribution is -0.123. The monoisotopic (exact) mass is 361 g/mol. The predicted molar refractivity (Wildman–Crippen MR) is 104 cm³/mol. The van der Waals surface area contributed by atoms with Gasteiger partial charge in [-0.05, 0) is 31.2 Å². The number of carbonyl (C=O) groups is 1. The molecule has 4 rings (SSSR count). The highest BCUT2D eigenvalue weighted by Crippen LogP contribution is 2.11. The van der Waals surface area contributed by atoms with Gasteiger partial charge in [-0.15, -0.1) is 0 Å². The Balaban J connectivity index is 1.43. The molecule has 2 aromatic carbocycles. The first-order chi connectivity index (χ1) is 13.1. The molecule has 0 saturated carbocycles. The molecule has 0 fully saturated rings. The van der Waals surface area contributed by atoms with Gasteiger partial charge in [0.15, 0.2) is 0 Å². The molecule has 2 heterocycles. The van der Waals surface area contributed by atoms with E-state index in [0.29, 0.717) is 23.9 Å². The third-order valence-electron chi connectivity index (χ3n) is 4.59. The molecule has 0 aliphatic rings. The fraction of sp³-hybridized carbons (Fsp3) is 0.200. The molecule has 1 unspecified atom stereocenters. The maximum absolute atomic E-state index is 12.6. The van der Waals surface area contributed by atoms with Crippen molar-refractivity contribution >= 4 is 27.8 Å². The second-order valence-electron chi connectivity index (χ2n) is 6.39. The molecule has 2 N–H and O–H groups in total. The lowest BCUT2D eigenvalue weighted by Crippen LogP contribution is -2.36. The van der Waals surface area contributed by atoms with Gasteiger partial charge in [0, 0.05) is 13.0 Å². The SMILES string of the molecule is CC(C(=O)NCCc1nc2ccccc2[nH]1)n1cnc2ccccc2c1=O. The molecule has 4 aromatic rings. The van der Waals surface area contributed by atoms with Crippen molar-refractivity contribution in [2.45, 2.75) is 19.4 Å². The fourth-order valence-electron chi connectivity index (χ4n) is 3.06. The van der Waals surface area contributed by atoms with Gasteiger partial charge in [0.1, 0.15) is 11.9 Å². The molecule has 0 spiro atoms. The number of carbonyl (C=O) groups excluding carboxylic acids is 1. The number of imidazole rings is 1. The summed E-state index contributed by atoms with van der Waals surface area (Å²) in [5, 5.41) is 3.36. The summed E-state index contributed by atoms with van der Waals surface area (Å²) < 4.78 is 1.36. The van der Waals surface area contributed by atoms with Crippen LogP contribution in [0.15, 0.2) is 59.7 Å². The Bertz CT molecular complexity index is 1140. The maximum Gasteiger partial charge on any atom is 0.261 e. The fourth-order valence-corrected chi connectivity index (χ4v) is 3.06. The minimum absolute atomic E-state index is 0.222. The Morgan fingerprint density at radius 1 is 1.15 bits per heavy atom. The number of nitrogens with one attached hydrogen (secondary N) is 2. The lowest BCUT2D eigenvalue weighted by Gasteiger charge is -2.15. The van der Waals surface area contributed by atoms with Gasteiger partial charge in [-0.25, -0.2) is 9.97 Å². The van der Waals surface area contributed by atoms with Gasteiger partial charge < -0.3 is 10.3 Å². The second-order valence-corrected chi connectivity index (χ2v) is 6.39. The van der Waals surface area contributed by atoms with Gasteiger partial charge in [0.2, 0.25) is 5.91 Å². The molecule has 136 valence electrons. The van der Waals surface area contributed by atoms with Crippen molar-refractivity contribution in [3.8, 4) is 0 Å². The van der Waals surface area contributed by atoms with Crippen LogP contribution < -0.4 is 10.9 Å². The topological polar surface area (TPSA) is 92.7 Å². The molecule has 2 aromatic heterocycles. The summed E-state index contributed by atoms with van der Waals surface area (Å²) in [5.74, 6) is 0.582. The Hall–Kier alpha value is -3.48. The van der Waals surface area contributed by atoms with E-state index in [2.05, 4.69) is 20.3 Å². The van der Waals surface area contributed by atoms with Crippen molar-refractivity contribution in [2.75, 3.05) is 6.54 Å². The normalized spacial score (nSPS) is 12.3. The van der Waals surface area contributed by atoms with Crippen molar-refractivity contribution in [1.29, 1.82) is 0 Å².